The smallest absolute Gasteiger partial charge is 0.228 e. The van der Waals surface area contributed by atoms with E-state index in [-0.39, 0.29) is 29.8 Å². The second kappa shape index (κ2) is 8.42. The van der Waals surface area contributed by atoms with Crippen molar-refractivity contribution in [3.05, 3.63) is 47.8 Å². The predicted molar refractivity (Wildman–Crippen MR) is 108 cm³/mol. The number of nitrogens with one attached hydrogen (secondary N) is 2. The van der Waals surface area contributed by atoms with Gasteiger partial charge in [-0.15, -0.1) is 12.4 Å². The first-order valence-electron chi connectivity index (χ1n) is 9.05. The lowest BCUT2D eigenvalue weighted by molar-refractivity contribution is -0.121. The highest BCUT2D eigenvalue weighted by molar-refractivity contribution is 6.01. The van der Waals surface area contributed by atoms with Gasteiger partial charge in [-0.25, -0.2) is 13.2 Å². The first-order chi connectivity index (χ1) is 13.4. The highest BCUT2D eigenvalue weighted by Crippen LogP contribution is 2.31. The third kappa shape index (κ3) is 4.09. The highest BCUT2D eigenvalue weighted by Gasteiger charge is 2.24. The Hall–Kier alpha value is -2.58. The monoisotopic (exact) mass is 424 g/mol. The minimum Gasteiger partial charge on any atom is -0.308 e. The third-order valence-corrected chi connectivity index (χ3v) is 5.24. The van der Waals surface area contributed by atoms with Gasteiger partial charge in [-0.3, -0.25) is 9.89 Å². The second-order valence-electron chi connectivity index (χ2n) is 7.12. The number of hydrogen-bond donors (Lipinski definition) is 2. The number of benzene rings is 2. The molecular formula is C20H20ClF3N4O. The van der Waals surface area contributed by atoms with Crippen LogP contribution in [0.1, 0.15) is 12.8 Å². The van der Waals surface area contributed by atoms with E-state index in [1.54, 1.807) is 18.2 Å². The van der Waals surface area contributed by atoms with Gasteiger partial charge in [0.05, 0.1) is 5.52 Å². The van der Waals surface area contributed by atoms with Crippen molar-refractivity contribution in [3.63, 3.8) is 0 Å². The number of aromatic amines is 1. The fourth-order valence-corrected chi connectivity index (χ4v) is 3.52. The molecule has 2 aromatic carbocycles. The number of likely N-dealkylation sites (tertiary alicyclic amines) is 1. The molecule has 1 fully saturated rings. The van der Waals surface area contributed by atoms with Gasteiger partial charge in [0.2, 0.25) is 5.91 Å². The molecule has 0 radical (unpaired) electrons. The fourth-order valence-electron chi connectivity index (χ4n) is 3.52. The van der Waals surface area contributed by atoms with Crippen molar-refractivity contribution in [1.82, 2.24) is 15.1 Å². The van der Waals surface area contributed by atoms with E-state index in [1.165, 1.54) is 6.07 Å². The van der Waals surface area contributed by atoms with Crippen molar-refractivity contribution in [2.75, 3.05) is 25.5 Å². The van der Waals surface area contributed by atoms with E-state index in [2.05, 4.69) is 20.4 Å². The summed E-state index contributed by atoms with van der Waals surface area (Å²) >= 11 is 0. The van der Waals surface area contributed by atoms with Gasteiger partial charge in [0.1, 0.15) is 0 Å². The van der Waals surface area contributed by atoms with Crippen LogP contribution in [0, 0.1) is 23.4 Å². The van der Waals surface area contributed by atoms with Crippen LogP contribution in [-0.2, 0) is 4.79 Å². The molecule has 0 aliphatic carbocycles. The standard InChI is InChI=1S/C20H19F3N4O.ClH/c1-27-8-6-11(7-9-27)20(28)24-19-14-10-12(2-5-16(14)25-26-19)13-3-4-15(21)18(23)17(13)22;/h2-5,10-11H,6-9H2,1H3,(H2,24,25,26,28);1H. The van der Waals surface area contributed by atoms with Crippen molar-refractivity contribution in [2.45, 2.75) is 12.8 Å². The maximum atomic E-state index is 14.1. The number of aromatic nitrogens is 2. The Bertz CT molecular complexity index is 1050. The number of nitrogens with zero attached hydrogens (tertiary/aromatic N) is 2. The van der Waals surface area contributed by atoms with Gasteiger partial charge in [0.15, 0.2) is 23.3 Å². The first-order valence-corrected chi connectivity index (χ1v) is 9.05. The number of hydrogen-bond acceptors (Lipinski definition) is 3. The Labute approximate surface area is 171 Å². The molecule has 5 nitrogen and oxygen atoms in total. The lowest BCUT2D eigenvalue weighted by Crippen LogP contribution is -2.36. The normalized spacial score (nSPS) is 15.3. The van der Waals surface area contributed by atoms with Gasteiger partial charge >= 0.3 is 0 Å². The molecule has 1 amide bonds. The zero-order valence-corrected chi connectivity index (χ0v) is 16.5. The van der Waals surface area contributed by atoms with Crippen LogP contribution in [0.25, 0.3) is 22.0 Å². The molecule has 9 heteroatoms. The summed E-state index contributed by atoms with van der Waals surface area (Å²) in [4.78, 5) is 14.7. The van der Waals surface area contributed by atoms with Gasteiger partial charge in [0, 0.05) is 16.9 Å². The molecule has 4 rings (SSSR count). The molecule has 1 aliphatic heterocycles. The Balaban J connectivity index is 0.00000240. The van der Waals surface area contributed by atoms with Crippen LogP contribution in [0.2, 0.25) is 0 Å². The molecule has 0 saturated carbocycles. The van der Waals surface area contributed by atoms with Crippen molar-refractivity contribution < 1.29 is 18.0 Å². The van der Waals surface area contributed by atoms with E-state index in [1.807, 2.05) is 7.05 Å². The maximum absolute atomic E-state index is 14.1. The molecule has 0 unspecified atom stereocenters. The van der Waals surface area contributed by atoms with E-state index >= 15 is 0 Å². The molecule has 1 aromatic heterocycles. The molecule has 2 N–H and O–H groups in total. The summed E-state index contributed by atoms with van der Waals surface area (Å²) in [5.74, 6) is -3.86. The molecule has 2 heterocycles. The summed E-state index contributed by atoms with van der Waals surface area (Å²) in [6.45, 7) is 1.72. The highest BCUT2D eigenvalue weighted by atomic mass is 35.5. The Morgan fingerprint density at radius 2 is 1.86 bits per heavy atom. The number of piperidine rings is 1. The summed E-state index contributed by atoms with van der Waals surface area (Å²) in [5.41, 5.74) is 0.945. The summed E-state index contributed by atoms with van der Waals surface area (Å²) in [5, 5.41) is 10.4. The molecule has 3 aromatic rings. The molecule has 1 saturated heterocycles. The number of halogens is 4. The van der Waals surface area contributed by atoms with Crippen molar-refractivity contribution in [1.29, 1.82) is 0 Å². The number of rotatable bonds is 3. The van der Waals surface area contributed by atoms with E-state index in [9.17, 15) is 18.0 Å². The predicted octanol–water partition coefficient (Wildman–Crippen LogP) is 4.35. The topological polar surface area (TPSA) is 61.0 Å². The second-order valence-corrected chi connectivity index (χ2v) is 7.12. The van der Waals surface area contributed by atoms with Gasteiger partial charge in [0.25, 0.3) is 0 Å². The average molecular weight is 425 g/mol. The molecule has 1 aliphatic rings. The minimum atomic E-state index is -1.51. The zero-order chi connectivity index (χ0) is 19.8. The summed E-state index contributed by atoms with van der Waals surface area (Å²) < 4.78 is 40.9. The Morgan fingerprint density at radius 1 is 1.14 bits per heavy atom. The van der Waals surface area contributed by atoms with Crippen LogP contribution >= 0.6 is 12.4 Å². The van der Waals surface area contributed by atoms with Crippen LogP contribution in [0.5, 0.6) is 0 Å². The summed E-state index contributed by atoms with van der Waals surface area (Å²) in [6.07, 6.45) is 1.55. The van der Waals surface area contributed by atoms with Crippen molar-refractivity contribution >= 4 is 35.0 Å². The number of fused-ring (bicyclic) bond motifs is 1. The van der Waals surface area contributed by atoms with Crippen LogP contribution < -0.4 is 5.32 Å². The van der Waals surface area contributed by atoms with Crippen molar-refractivity contribution in [2.24, 2.45) is 5.92 Å². The summed E-state index contributed by atoms with van der Waals surface area (Å²) in [6, 6.07) is 6.91. The Morgan fingerprint density at radius 3 is 2.59 bits per heavy atom. The fraction of sp³-hybridized carbons (Fsp3) is 0.300. The molecule has 0 bridgehead atoms. The molecule has 0 spiro atoms. The summed E-state index contributed by atoms with van der Waals surface area (Å²) in [7, 11) is 2.02. The number of amides is 1. The average Bonchev–Trinajstić information content (AvgIpc) is 3.09. The van der Waals surface area contributed by atoms with Crippen LogP contribution in [0.15, 0.2) is 30.3 Å². The largest absolute Gasteiger partial charge is 0.308 e. The minimum absolute atomic E-state index is 0. The number of carbonyl (C=O) groups excluding carboxylic acids is 1. The molecule has 29 heavy (non-hydrogen) atoms. The van der Waals surface area contributed by atoms with Gasteiger partial charge < -0.3 is 10.2 Å². The number of anilines is 1. The van der Waals surface area contributed by atoms with Crippen LogP contribution in [0.4, 0.5) is 19.0 Å². The van der Waals surface area contributed by atoms with E-state index in [4.69, 9.17) is 0 Å². The lowest BCUT2D eigenvalue weighted by Gasteiger charge is -2.27. The van der Waals surface area contributed by atoms with Crippen molar-refractivity contribution in [3.8, 4) is 11.1 Å². The van der Waals surface area contributed by atoms with E-state index in [0.29, 0.717) is 22.3 Å². The number of H-pyrrole nitrogens is 1. The maximum Gasteiger partial charge on any atom is 0.228 e. The Kier molecular flexibility index (Phi) is 6.14. The SMILES string of the molecule is CN1CCC(C(=O)Nc2n[nH]c3ccc(-c4ccc(F)c(F)c4F)cc23)CC1.Cl. The van der Waals surface area contributed by atoms with Gasteiger partial charge in [-0.2, -0.15) is 5.10 Å². The first kappa shape index (κ1) is 21.1. The van der Waals surface area contributed by atoms with Gasteiger partial charge in [-0.05, 0) is 62.8 Å². The number of carbonyl (C=O) groups is 1. The van der Waals surface area contributed by atoms with E-state index < -0.39 is 17.5 Å². The molecule has 0 atom stereocenters. The van der Waals surface area contributed by atoms with Crippen LogP contribution in [-0.4, -0.2) is 41.1 Å². The van der Waals surface area contributed by atoms with Crippen LogP contribution in [0.3, 0.4) is 0 Å². The zero-order valence-electron chi connectivity index (χ0n) is 15.6. The van der Waals surface area contributed by atoms with E-state index in [0.717, 1.165) is 32.0 Å². The molecular weight excluding hydrogens is 405 g/mol. The van der Waals surface area contributed by atoms with Gasteiger partial charge in [-0.1, -0.05) is 6.07 Å². The third-order valence-electron chi connectivity index (χ3n) is 5.24. The lowest BCUT2D eigenvalue weighted by atomic mass is 9.96. The molecule has 154 valence electrons. The quantitative estimate of drug-likeness (QED) is 0.614.